The van der Waals surface area contributed by atoms with Gasteiger partial charge in [0.2, 0.25) is 0 Å². The van der Waals surface area contributed by atoms with Gasteiger partial charge in [-0.05, 0) is 47.8 Å². The molecule has 2 aromatic heterocycles. The normalized spacial score (nSPS) is 12.1. The topological polar surface area (TPSA) is 45.5 Å². The van der Waals surface area contributed by atoms with Crippen LogP contribution in [0.3, 0.4) is 0 Å². The molecule has 0 saturated heterocycles. The summed E-state index contributed by atoms with van der Waals surface area (Å²) < 4.78 is 1.98. The lowest BCUT2D eigenvalue weighted by atomic mass is 10.1. The summed E-state index contributed by atoms with van der Waals surface area (Å²) in [5, 5.41) is 12.1. The number of aromatic nitrogens is 1. The van der Waals surface area contributed by atoms with E-state index in [0.29, 0.717) is 5.56 Å². The number of aliphatic hydroxyl groups excluding tert-OH is 1. The van der Waals surface area contributed by atoms with Crippen LogP contribution >= 0.6 is 11.3 Å². The number of hydrogen-bond donors (Lipinski definition) is 1. The predicted octanol–water partition coefficient (Wildman–Crippen LogP) is 3.34. The molecule has 23 heavy (non-hydrogen) atoms. The van der Waals surface area contributed by atoms with Gasteiger partial charge >= 0.3 is 0 Å². The monoisotopic (exact) mass is 326 g/mol. The molecule has 0 saturated carbocycles. The maximum Gasteiger partial charge on any atom is 0.253 e. The largest absolute Gasteiger partial charge is 0.386 e. The van der Waals surface area contributed by atoms with Gasteiger partial charge in [0.15, 0.2) is 0 Å². The summed E-state index contributed by atoms with van der Waals surface area (Å²) in [6.45, 7) is 0.276. The average Bonchev–Trinajstić information content (AvgIpc) is 3.27. The van der Waals surface area contributed by atoms with Crippen LogP contribution < -0.4 is 0 Å². The van der Waals surface area contributed by atoms with Crippen molar-refractivity contribution >= 4 is 17.2 Å². The first-order chi connectivity index (χ1) is 11.1. The summed E-state index contributed by atoms with van der Waals surface area (Å²) in [5.41, 5.74) is 1.62. The van der Waals surface area contributed by atoms with Gasteiger partial charge in [-0.25, -0.2) is 0 Å². The fourth-order valence-electron chi connectivity index (χ4n) is 2.42. The Hall–Kier alpha value is -2.37. The number of likely N-dealkylation sites (N-methyl/N-ethyl adjacent to an activating group) is 1. The molecule has 0 fully saturated rings. The zero-order chi connectivity index (χ0) is 16.2. The molecule has 5 heteroatoms. The Morgan fingerprint density at radius 2 is 1.87 bits per heavy atom. The van der Waals surface area contributed by atoms with Gasteiger partial charge < -0.3 is 14.6 Å². The number of nitrogens with zero attached hydrogens (tertiary/aromatic N) is 2. The molecular formula is C18H18N2O2S. The summed E-state index contributed by atoms with van der Waals surface area (Å²) in [6.07, 6.45) is 3.27. The van der Waals surface area contributed by atoms with Crippen molar-refractivity contribution in [3.8, 4) is 5.69 Å². The van der Waals surface area contributed by atoms with Gasteiger partial charge in [-0.1, -0.05) is 6.07 Å². The molecule has 1 N–H and O–H groups in total. The van der Waals surface area contributed by atoms with E-state index in [-0.39, 0.29) is 12.5 Å². The zero-order valence-corrected chi connectivity index (χ0v) is 13.6. The molecule has 0 spiro atoms. The highest BCUT2D eigenvalue weighted by Gasteiger charge is 2.17. The molecule has 0 radical (unpaired) electrons. The average molecular weight is 326 g/mol. The van der Waals surface area contributed by atoms with E-state index in [4.69, 9.17) is 0 Å². The maximum absolute atomic E-state index is 12.5. The third kappa shape index (κ3) is 3.52. The number of amides is 1. The van der Waals surface area contributed by atoms with Crippen LogP contribution in [0.4, 0.5) is 0 Å². The predicted molar refractivity (Wildman–Crippen MR) is 92.0 cm³/mol. The molecule has 3 aromatic rings. The molecule has 118 valence electrons. The highest BCUT2D eigenvalue weighted by atomic mass is 32.1. The summed E-state index contributed by atoms with van der Waals surface area (Å²) in [5.74, 6) is -0.0975. The lowest BCUT2D eigenvalue weighted by Crippen LogP contribution is -2.30. The Morgan fingerprint density at radius 3 is 2.48 bits per heavy atom. The number of carbonyl (C=O) groups excluding carboxylic acids is 1. The second-order valence-corrected chi connectivity index (χ2v) is 6.33. The van der Waals surface area contributed by atoms with E-state index < -0.39 is 6.10 Å². The van der Waals surface area contributed by atoms with Crippen LogP contribution in [-0.2, 0) is 0 Å². The molecule has 1 atom stereocenters. The molecule has 2 heterocycles. The van der Waals surface area contributed by atoms with E-state index in [1.807, 2.05) is 70.9 Å². The van der Waals surface area contributed by atoms with E-state index in [9.17, 15) is 9.90 Å². The number of carbonyl (C=O) groups is 1. The van der Waals surface area contributed by atoms with Crippen molar-refractivity contribution in [1.29, 1.82) is 0 Å². The zero-order valence-electron chi connectivity index (χ0n) is 12.8. The van der Waals surface area contributed by atoms with Crippen molar-refractivity contribution in [1.82, 2.24) is 9.47 Å². The first kappa shape index (κ1) is 15.5. The minimum atomic E-state index is -0.650. The van der Waals surface area contributed by atoms with Crippen molar-refractivity contribution < 1.29 is 9.90 Å². The van der Waals surface area contributed by atoms with Crippen LogP contribution in [-0.4, -0.2) is 34.1 Å². The number of rotatable bonds is 5. The van der Waals surface area contributed by atoms with Gasteiger partial charge in [0, 0.05) is 35.6 Å². The van der Waals surface area contributed by atoms with Gasteiger partial charge in [0.25, 0.3) is 5.91 Å². The smallest absolute Gasteiger partial charge is 0.253 e. The van der Waals surface area contributed by atoms with Crippen molar-refractivity contribution in [3.05, 3.63) is 76.7 Å². The number of hydrogen-bond acceptors (Lipinski definition) is 3. The Balaban J connectivity index is 1.67. The molecule has 0 aliphatic rings. The van der Waals surface area contributed by atoms with E-state index >= 15 is 0 Å². The van der Waals surface area contributed by atoms with Crippen LogP contribution in [0.2, 0.25) is 0 Å². The van der Waals surface area contributed by atoms with Crippen molar-refractivity contribution in [2.45, 2.75) is 6.10 Å². The molecule has 1 unspecified atom stereocenters. The highest BCUT2D eigenvalue weighted by molar-refractivity contribution is 7.10. The lowest BCUT2D eigenvalue weighted by molar-refractivity contribution is 0.0685. The SMILES string of the molecule is CN(CC(O)c1cccs1)C(=O)c1ccc(-n2cccc2)cc1. The molecule has 1 amide bonds. The van der Waals surface area contributed by atoms with Gasteiger partial charge in [0.05, 0.1) is 6.54 Å². The first-order valence-corrected chi connectivity index (χ1v) is 8.23. The molecule has 0 bridgehead atoms. The van der Waals surface area contributed by atoms with E-state index in [2.05, 4.69) is 0 Å². The third-order valence-corrected chi connectivity index (χ3v) is 4.66. The van der Waals surface area contributed by atoms with E-state index in [0.717, 1.165) is 10.6 Å². The Bertz CT molecular complexity index is 749. The van der Waals surface area contributed by atoms with Crippen LogP contribution in [0.15, 0.2) is 66.3 Å². The van der Waals surface area contributed by atoms with Gasteiger partial charge in [-0.3, -0.25) is 4.79 Å². The second-order valence-electron chi connectivity index (χ2n) is 5.35. The number of benzene rings is 1. The molecule has 0 aliphatic carbocycles. The first-order valence-electron chi connectivity index (χ1n) is 7.35. The highest BCUT2D eigenvalue weighted by Crippen LogP contribution is 2.20. The molecule has 4 nitrogen and oxygen atoms in total. The van der Waals surface area contributed by atoms with Crippen LogP contribution in [0, 0.1) is 0 Å². The Labute approximate surface area is 139 Å². The van der Waals surface area contributed by atoms with Crippen molar-refractivity contribution in [3.63, 3.8) is 0 Å². The maximum atomic E-state index is 12.5. The van der Waals surface area contributed by atoms with E-state index in [1.165, 1.54) is 11.3 Å². The molecule has 3 rings (SSSR count). The fourth-order valence-corrected chi connectivity index (χ4v) is 3.12. The quantitative estimate of drug-likeness (QED) is 0.781. The standard InChI is InChI=1S/C18H18N2O2S/c1-19(13-16(21)17-5-4-12-23-17)18(22)14-6-8-15(9-7-14)20-10-2-3-11-20/h2-12,16,21H,13H2,1H3. The molecule has 1 aromatic carbocycles. The minimum Gasteiger partial charge on any atom is -0.386 e. The number of thiophene rings is 1. The van der Waals surface area contributed by atoms with Gasteiger partial charge in [-0.15, -0.1) is 11.3 Å². The van der Waals surface area contributed by atoms with Crippen LogP contribution in [0.25, 0.3) is 5.69 Å². The summed E-state index contributed by atoms with van der Waals surface area (Å²) >= 11 is 1.49. The van der Waals surface area contributed by atoms with Crippen LogP contribution in [0.1, 0.15) is 21.3 Å². The lowest BCUT2D eigenvalue weighted by Gasteiger charge is -2.20. The molecular weight excluding hydrogens is 308 g/mol. The van der Waals surface area contributed by atoms with E-state index in [1.54, 1.807) is 11.9 Å². The Morgan fingerprint density at radius 1 is 1.17 bits per heavy atom. The second kappa shape index (κ2) is 6.81. The minimum absolute atomic E-state index is 0.0975. The van der Waals surface area contributed by atoms with Crippen molar-refractivity contribution in [2.24, 2.45) is 0 Å². The van der Waals surface area contributed by atoms with Crippen molar-refractivity contribution in [2.75, 3.05) is 13.6 Å². The van der Waals surface area contributed by atoms with Gasteiger partial charge in [0.1, 0.15) is 6.10 Å². The molecule has 0 aliphatic heterocycles. The Kier molecular flexibility index (Phi) is 4.60. The summed E-state index contributed by atoms with van der Waals surface area (Å²) in [4.78, 5) is 14.9. The summed E-state index contributed by atoms with van der Waals surface area (Å²) in [7, 11) is 1.71. The third-order valence-electron chi connectivity index (χ3n) is 3.68. The van der Waals surface area contributed by atoms with Crippen LogP contribution in [0.5, 0.6) is 0 Å². The summed E-state index contributed by atoms with van der Waals surface area (Å²) in [6, 6.07) is 15.1. The van der Waals surface area contributed by atoms with Gasteiger partial charge in [-0.2, -0.15) is 0 Å². The number of aliphatic hydroxyl groups is 1. The fraction of sp³-hybridized carbons (Fsp3) is 0.167.